The van der Waals surface area contributed by atoms with Gasteiger partial charge in [0.05, 0.1) is 18.6 Å². The monoisotopic (exact) mass is 428 g/mol. The van der Waals surface area contributed by atoms with Crippen LogP contribution in [0.4, 0.5) is 0 Å². The van der Waals surface area contributed by atoms with Crippen LogP contribution in [0.15, 0.2) is 54.6 Å². The van der Waals surface area contributed by atoms with Gasteiger partial charge in [-0.2, -0.15) is 0 Å². The number of nitrogens with one attached hydrogen (secondary N) is 2. The van der Waals surface area contributed by atoms with Crippen molar-refractivity contribution >= 4 is 35.5 Å². The average molecular weight is 429 g/mol. The molecule has 0 aromatic heterocycles. The number of rotatable bonds is 8. The van der Waals surface area contributed by atoms with Gasteiger partial charge in [0, 0.05) is 23.7 Å². The quantitative estimate of drug-likeness (QED) is 0.493. The molecule has 158 valence electrons. The molecular weight excluding hydrogens is 404 g/mol. The van der Waals surface area contributed by atoms with E-state index >= 15 is 0 Å². The summed E-state index contributed by atoms with van der Waals surface area (Å²) in [7, 11) is 1.56. The minimum absolute atomic E-state index is 0.0394. The predicted molar refractivity (Wildman–Crippen MR) is 117 cm³/mol. The second kappa shape index (κ2) is 11.2. The van der Waals surface area contributed by atoms with Crippen LogP contribution in [0.2, 0.25) is 5.02 Å². The number of halogens is 1. The van der Waals surface area contributed by atoms with Crippen molar-refractivity contribution in [2.24, 2.45) is 0 Å². The predicted octanol–water partition coefficient (Wildman–Crippen LogP) is 3.91. The Bertz CT molecular complexity index is 923. The molecule has 1 atom stereocenters. The summed E-state index contributed by atoms with van der Waals surface area (Å²) in [6, 6.07) is 13.2. The van der Waals surface area contributed by atoms with E-state index in [1.54, 1.807) is 75.5 Å². The molecule has 1 unspecified atom stereocenters. The van der Waals surface area contributed by atoms with E-state index in [0.29, 0.717) is 16.1 Å². The smallest absolute Gasteiger partial charge is 0.308 e. The molecular formula is C23H25ClN2O4. The van der Waals surface area contributed by atoms with Crippen molar-refractivity contribution in [3.8, 4) is 0 Å². The lowest BCUT2D eigenvalue weighted by atomic mass is 10.0. The third kappa shape index (κ3) is 7.04. The molecule has 0 bridgehead atoms. The van der Waals surface area contributed by atoms with Crippen LogP contribution < -0.4 is 10.6 Å². The number of ether oxygens (including phenoxy) is 1. The number of benzene rings is 2. The Morgan fingerprint density at radius 3 is 2.33 bits per heavy atom. The molecule has 0 spiro atoms. The molecule has 2 amide bonds. The van der Waals surface area contributed by atoms with Crippen LogP contribution in [-0.2, 0) is 14.3 Å². The van der Waals surface area contributed by atoms with Gasteiger partial charge in [-0.3, -0.25) is 14.4 Å². The molecule has 0 saturated heterocycles. The number of esters is 1. The van der Waals surface area contributed by atoms with Crippen LogP contribution in [0.3, 0.4) is 0 Å². The van der Waals surface area contributed by atoms with Crippen LogP contribution >= 0.6 is 11.6 Å². The molecule has 0 aliphatic heterocycles. The molecule has 0 aliphatic carbocycles. The fourth-order valence-electron chi connectivity index (χ4n) is 2.76. The Labute approximate surface area is 181 Å². The molecule has 2 aromatic carbocycles. The normalized spacial score (nSPS) is 11.9. The summed E-state index contributed by atoms with van der Waals surface area (Å²) >= 11 is 6.26. The van der Waals surface area contributed by atoms with E-state index in [-0.39, 0.29) is 24.3 Å². The van der Waals surface area contributed by atoms with Crippen molar-refractivity contribution in [2.75, 3.05) is 7.05 Å². The largest absolute Gasteiger partial charge is 0.463 e. The van der Waals surface area contributed by atoms with E-state index in [4.69, 9.17) is 16.3 Å². The van der Waals surface area contributed by atoms with Gasteiger partial charge in [-0.25, -0.2) is 0 Å². The minimum Gasteiger partial charge on any atom is -0.463 e. The molecule has 0 fully saturated rings. The van der Waals surface area contributed by atoms with Crippen molar-refractivity contribution in [2.45, 2.75) is 32.4 Å². The zero-order chi connectivity index (χ0) is 22.1. The van der Waals surface area contributed by atoms with Crippen molar-refractivity contribution < 1.29 is 19.1 Å². The van der Waals surface area contributed by atoms with Gasteiger partial charge in [0.1, 0.15) is 0 Å². The van der Waals surface area contributed by atoms with Crippen molar-refractivity contribution in [1.82, 2.24) is 10.6 Å². The maximum atomic E-state index is 12.5. The molecule has 2 N–H and O–H groups in total. The summed E-state index contributed by atoms with van der Waals surface area (Å²) in [4.78, 5) is 36.2. The number of hydrogen-bond donors (Lipinski definition) is 2. The Hall–Kier alpha value is -3.12. The Kier molecular flexibility index (Phi) is 8.62. The van der Waals surface area contributed by atoms with Crippen molar-refractivity contribution in [3.63, 3.8) is 0 Å². The zero-order valence-corrected chi connectivity index (χ0v) is 17.9. The number of carbonyl (C=O) groups excluding carboxylic acids is 3. The molecule has 30 heavy (non-hydrogen) atoms. The standard InChI is InChI=1S/C23H25ClN2O4/c1-15(2)30-22(28)14-20(18-6-4-5-7-19(18)24)26-21(27)13-10-16-8-11-17(12-9-16)23(29)25-3/h4-13,15,20H,14H2,1-3H3,(H,25,29)(H,26,27)/b13-10+. The van der Waals surface area contributed by atoms with Crippen LogP contribution in [0.1, 0.15) is 47.8 Å². The fraction of sp³-hybridized carbons (Fsp3) is 0.261. The summed E-state index contributed by atoms with van der Waals surface area (Å²) in [6.45, 7) is 3.53. The lowest BCUT2D eigenvalue weighted by molar-refractivity contribution is -0.148. The van der Waals surface area contributed by atoms with E-state index in [1.807, 2.05) is 0 Å². The molecule has 2 aromatic rings. The highest BCUT2D eigenvalue weighted by Gasteiger charge is 2.21. The highest BCUT2D eigenvalue weighted by Crippen LogP contribution is 2.25. The lowest BCUT2D eigenvalue weighted by Crippen LogP contribution is -2.30. The summed E-state index contributed by atoms with van der Waals surface area (Å²) < 4.78 is 5.21. The zero-order valence-electron chi connectivity index (χ0n) is 17.1. The van der Waals surface area contributed by atoms with Gasteiger partial charge in [-0.15, -0.1) is 0 Å². The molecule has 0 aliphatic rings. The lowest BCUT2D eigenvalue weighted by Gasteiger charge is -2.19. The maximum Gasteiger partial charge on any atom is 0.308 e. The third-order valence-corrected chi connectivity index (χ3v) is 4.51. The first-order valence-corrected chi connectivity index (χ1v) is 9.92. The average Bonchev–Trinajstić information content (AvgIpc) is 2.71. The van der Waals surface area contributed by atoms with Gasteiger partial charge < -0.3 is 15.4 Å². The summed E-state index contributed by atoms with van der Waals surface area (Å²) in [5.41, 5.74) is 1.92. The van der Waals surface area contributed by atoms with E-state index in [9.17, 15) is 14.4 Å². The number of amides is 2. The summed E-state index contributed by atoms with van der Waals surface area (Å²) in [5.74, 6) is -0.990. The second-order valence-electron chi connectivity index (χ2n) is 6.86. The van der Waals surface area contributed by atoms with Gasteiger partial charge in [0.2, 0.25) is 5.91 Å². The molecule has 7 heteroatoms. The first-order valence-electron chi connectivity index (χ1n) is 9.54. The van der Waals surface area contributed by atoms with Crippen LogP contribution in [0.25, 0.3) is 6.08 Å². The molecule has 0 heterocycles. The first kappa shape index (κ1) is 23.2. The summed E-state index contributed by atoms with van der Waals surface area (Å²) in [5, 5.41) is 5.82. The number of hydrogen-bond acceptors (Lipinski definition) is 4. The number of carbonyl (C=O) groups is 3. The fourth-order valence-corrected chi connectivity index (χ4v) is 3.02. The van der Waals surface area contributed by atoms with Gasteiger partial charge >= 0.3 is 5.97 Å². The SMILES string of the molecule is CNC(=O)c1ccc(/C=C/C(=O)NC(CC(=O)OC(C)C)c2ccccc2Cl)cc1. The maximum absolute atomic E-state index is 12.5. The van der Waals surface area contributed by atoms with E-state index in [1.165, 1.54) is 6.08 Å². The Balaban J connectivity index is 2.11. The highest BCUT2D eigenvalue weighted by atomic mass is 35.5. The second-order valence-corrected chi connectivity index (χ2v) is 7.27. The van der Waals surface area contributed by atoms with Gasteiger partial charge in [-0.05, 0) is 49.2 Å². The van der Waals surface area contributed by atoms with Crippen LogP contribution in [-0.4, -0.2) is 30.9 Å². The summed E-state index contributed by atoms with van der Waals surface area (Å²) in [6.07, 6.45) is 2.70. The van der Waals surface area contributed by atoms with Gasteiger partial charge in [0.15, 0.2) is 0 Å². The Morgan fingerprint density at radius 1 is 1.07 bits per heavy atom. The van der Waals surface area contributed by atoms with Crippen molar-refractivity contribution in [3.05, 3.63) is 76.3 Å². The molecule has 0 radical (unpaired) electrons. The van der Waals surface area contributed by atoms with Crippen LogP contribution in [0, 0.1) is 0 Å². The van der Waals surface area contributed by atoms with Gasteiger partial charge in [0.25, 0.3) is 5.91 Å². The van der Waals surface area contributed by atoms with E-state index in [0.717, 1.165) is 5.56 Å². The molecule has 0 saturated carbocycles. The highest BCUT2D eigenvalue weighted by molar-refractivity contribution is 6.31. The molecule has 6 nitrogen and oxygen atoms in total. The van der Waals surface area contributed by atoms with Gasteiger partial charge in [-0.1, -0.05) is 41.9 Å². The Morgan fingerprint density at radius 2 is 1.73 bits per heavy atom. The van der Waals surface area contributed by atoms with E-state index in [2.05, 4.69) is 10.6 Å². The van der Waals surface area contributed by atoms with Crippen LogP contribution in [0.5, 0.6) is 0 Å². The molecule has 2 rings (SSSR count). The van der Waals surface area contributed by atoms with Crippen molar-refractivity contribution in [1.29, 1.82) is 0 Å². The topological polar surface area (TPSA) is 84.5 Å². The first-order chi connectivity index (χ1) is 14.3. The third-order valence-electron chi connectivity index (χ3n) is 4.16. The van der Waals surface area contributed by atoms with E-state index < -0.39 is 12.0 Å². The minimum atomic E-state index is -0.627.